The lowest BCUT2D eigenvalue weighted by molar-refractivity contribution is 0.711. The van der Waals surface area contributed by atoms with Gasteiger partial charge < -0.3 is 5.32 Å². The number of thiophene rings is 2. The minimum absolute atomic E-state index is 0.149. The van der Waals surface area contributed by atoms with Crippen LogP contribution in [0.15, 0.2) is 39.5 Å². The summed E-state index contributed by atoms with van der Waals surface area (Å²) in [7, 11) is 1.97. The number of benzene rings is 1. The molecule has 0 bridgehead atoms. The Labute approximate surface area is 133 Å². The average Bonchev–Trinajstić information content (AvgIpc) is 3.00. The van der Waals surface area contributed by atoms with Crippen molar-refractivity contribution in [3.8, 4) is 0 Å². The Morgan fingerprint density at radius 1 is 1.26 bits per heavy atom. The molecular weight excluding hydrogens is 362 g/mol. The summed E-state index contributed by atoms with van der Waals surface area (Å²) in [6.07, 6.45) is 0. The predicted molar refractivity (Wildman–Crippen MR) is 89.8 cm³/mol. The lowest BCUT2D eigenvalue weighted by Crippen LogP contribution is -2.16. The van der Waals surface area contributed by atoms with Crippen molar-refractivity contribution in [2.24, 2.45) is 0 Å². The molecule has 0 amide bonds. The highest BCUT2D eigenvalue weighted by atomic mass is 79.9. The van der Waals surface area contributed by atoms with Gasteiger partial charge in [0.05, 0.1) is 11.1 Å². The number of hydrogen-bond donors (Lipinski definition) is 1. The van der Waals surface area contributed by atoms with Crippen molar-refractivity contribution in [2.75, 3.05) is 7.05 Å². The third-order valence-electron chi connectivity index (χ3n) is 3.09. The van der Waals surface area contributed by atoms with Crippen LogP contribution in [0.5, 0.6) is 0 Å². The van der Waals surface area contributed by atoms with E-state index in [4.69, 9.17) is 11.6 Å². The Morgan fingerprint density at radius 2 is 2.11 bits per heavy atom. The third kappa shape index (κ3) is 2.36. The highest BCUT2D eigenvalue weighted by molar-refractivity contribution is 9.10. The first kappa shape index (κ1) is 13.6. The quantitative estimate of drug-likeness (QED) is 0.623. The second-order valence-electron chi connectivity index (χ2n) is 4.16. The molecule has 0 aliphatic heterocycles. The van der Waals surface area contributed by atoms with Crippen molar-refractivity contribution in [2.45, 2.75) is 6.04 Å². The molecule has 0 saturated heterocycles. The van der Waals surface area contributed by atoms with Crippen LogP contribution in [-0.2, 0) is 0 Å². The Kier molecular flexibility index (Phi) is 3.96. The molecule has 19 heavy (non-hydrogen) atoms. The van der Waals surface area contributed by atoms with E-state index in [-0.39, 0.29) is 6.04 Å². The van der Waals surface area contributed by atoms with Gasteiger partial charge >= 0.3 is 0 Å². The predicted octanol–water partition coefficient (Wildman–Crippen LogP) is 5.69. The van der Waals surface area contributed by atoms with Crippen molar-refractivity contribution in [3.05, 3.63) is 55.0 Å². The fourth-order valence-corrected chi connectivity index (χ4v) is 5.15. The second kappa shape index (κ2) is 5.54. The smallest absolute Gasteiger partial charge is 0.0697 e. The molecule has 5 heteroatoms. The van der Waals surface area contributed by atoms with Gasteiger partial charge in [-0.25, -0.2) is 0 Å². The molecule has 2 heterocycles. The van der Waals surface area contributed by atoms with Crippen molar-refractivity contribution >= 4 is 60.3 Å². The monoisotopic (exact) mass is 371 g/mol. The molecule has 98 valence electrons. The maximum absolute atomic E-state index is 6.28. The van der Waals surface area contributed by atoms with Crippen LogP contribution in [0.3, 0.4) is 0 Å². The largest absolute Gasteiger partial charge is 0.309 e. The van der Waals surface area contributed by atoms with Crippen molar-refractivity contribution in [3.63, 3.8) is 0 Å². The topological polar surface area (TPSA) is 12.0 Å². The Hall–Kier alpha value is -0.390. The van der Waals surface area contributed by atoms with Gasteiger partial charge in [-0.2, -0.15) is 0 Å². The molecule has 0 aliphatic rings. The summed E-state index contributed by atoms with van der Waals surface area (Å²) in [5.41, 5.74) is 1.29. The van der Waals surface area contributed by atoms with E-state index in [0.29, 0.717) is 0 Å². The van der Waals surface area contributed by atoms with E-state index in [0.717, 1.165) is 9.50 Å². The molecule has 1 nitrogen and oxygen atoms in total. The SMILES string of the molecule is CNC(c1sccc1Cl)c1csc2c(Br)cccc12. The number of rotatable bonds is 3. The molecule has 3 aromatic rings. The molecule has 1 unspecified atom stereocenters. The van der Waals surface area contributed by atoms with Gasteiger partial charge in [0, 0.05) is 14.0 Å². The first-order chi connectivity index (χ1) is 9.22. The van der Waals surface area contributed by atoms with E-state index in [1.54, 1.807) is 22.7 Å². The van der Waals surface area contributed by atoms with E-state index in [2.05, 4.69) is 44.8 Å². The summed E-state index contributed by atoms with van der Waals surface area (Å²) in [4.78, 5) is 1.17. The van der Waals surface area contributed by atoms with E-state index < -0.39 is 0 Å². The summed E-state index contributed by atoms with van der Waals surface area (Å²) in [5.74, 6) is 0. The summed E-state index contributed by atoms with van der Waals surface area (Å²) >= 11 is 13.3. The molecule has 0 radical (unpaired) electrons. The fourth-order valence-electron chi connectivity index (χ4n) is 2.20. The fraction of sp³-hybridized carbons (Fsp3) is 0.143. The number of halogens is 2. The molecule has 0 saturated carbocycles. The Bertz CT molecular complexity index is 719. The first-order valence-corrected chi connectivity index (χ1v) is 8.71. The van der Waals surface area contributed by atoms with E-state index in [1.807, 2.05) is 18.5 Å². The molecule has 1 aromatic carbocycles. The number of hydrogen-bond acceptors (Lipinski definition) is 3. The average molecular weight is 373 g/mol. The van der Waals surface area contributed by atoms with Gasteiger partial charge in [-0.1, -0.05) is 23.7 Å². The second-order valence-corrected chi connectivity index (χ2v) is 7.25. The van der Waals surface area contributed by atoms with E-state index in [1.165, 1.54) is 20.5 Å². The molecule has 0 spiro atoms. The van der Waals surface area contributed by atoms with Gasteiger partial charge in [-0.3, -0.25) is 0 Å². The summed E-state index contributed by atoms with van der Waals surface area (Å²) in [6.45, 7) is 0. The molecular formula is C14H11BrClNS2. The van der Waals surface area contributed by atoms with Crippen LogP contribution in [0.25, 0.3) is 10.1 Å². The van der Waals surface area contributed by atoms with Gasteiger partial charge in [-0.15, -0.1) is 22.7 Å². The van der Waals surface area contributed by atoms with Crippen LogP contribution < -0.4 is 5.32 Å². The standard InChI is InChI=1S/C14H11BrClNS2/c1-17-12(14-11(16)5-6-18-14)9-7-19-13-8(9)3-2-4-10(13)15/h2-7,12,17H,1H3. The third-order valence-corrected chi connectivity index (χ3v) is 6.48. The summed E-state index contributed by atoms with van der Waals surface area (Å²) < 4.78 is 2.43. The minimum Gasteiger partial charge on any atom is -0.309 e. The zero-order valence-electron chi connectivity index (χ0n) is 10.1. The molecule has 0 fully saturated rings. The number of fused-ring (bicyclic) bond motifs is 1. The lowest BCUT2D eigenvalue weighted by Gasteiger charge is -2.15. The Balaban J connectivity index is 2.18. The van der Waals surface area contributed by atoms with E-state index in [9.17, 15) is 0 Å². The van der Waals surface area contributed by atoms with Crippen molar-refractivity contribution in [1.82, 2.24) is 5.32 Å². The molecule has 2 aromatic heterocycles. The first-order valence-electron chi connectivity index (χ1n) is 5.78. The Morgan fingerprint density at radius 3 is 2.79 bits per heavy atom. The molecule has 1 N–H and O–H groups in total. The lowest BCUT2D eigenvalue weighted by atomic mass is 10.0. The summed E-state index contributed by atoms with van der Waals surface area (Å²) in [5, 5.41) is 9.74. The van der Waals surface area contributed by atoms with Gasteiger partial charge in [0.15, 0.2) is 0 Å². The van der Waals surface area contributed by atoms with Gasteiger partial charge in [-0.05, 0) is 56.8 Å². The molecule has 0 aliphatic carbocycles. The maximum Gasteiger partial charge on any atom is 0.0697 e. The van der Waals surface area contributed by atoms with Crippen LogP contribution in [0.1, 0.15) is 16.5 Å². The highest BCUT2D eigenvalue weighted by Crippen LogP contribution is 2.40. The van der Waals surface area contributed by atoms with Crippen LogP contribution in [0.2, 0.25) is 5.02 Å². The van der Waals surface area contributed by atoms with Crippen molar-refractivity contribution < 1.29 is 0 Å². The van der Waals surface area contributed by atoms with Crippen LogP contribution in [0, 0.1) is 0 Å². The van der Waals surface area contributed by atoms with Crippen LogP contribution in [0.4, 0.5) is 0 Å². The maximum atomic E-state index is 6.28. The minimum atomic E-state index is 0.149. The van der Waals surface area contributed by atoms with E-state index >= 15 is 0 Å². The number of nitrogens with one attached hydrogen (secondary N) is 1. The van der Waals surface area contributed by atoms with Crippen LogP contribution >= 0.6 is 50.2 Å². The summed E-state index contributed by atoms with van der Waals surface area (Å²) in [6, 6.07) is 8.42. The molecule has 3 rings (SSSR count). The zero-order valence-corrected chi connectivity index (χ0v) is 14.1. The van der Waals surface area contributed by atoms with Gasteiger partial charge in [0.25, 0.3) is 0 Å². The van der Waals surface area contributed by atoms with Crippen LogP contribution in [-0.4, -0.2) is 7.05 Å². The zero-order chi connectivity index (χ0) is 13.4. The van der Waals surface area contributed by atoms with Gasteiger partial charge in [0.1, 0.15) is 0 Å². The highest BCUT2D eigenvalue weighted by Gasteiger charge is 2.20. The normalized spacial score (nSPS) is 13.0. The van der Waals surface area contributed by atoms with Gasteiger partial charge in [0.2, 0.25) is 0 Å². The van der Waals surface area contributed by atoms with Crippen molar-refractivity contribution in [1.29, 1.82) is 0 Å². The molecule has 1 atom stereocenters.